The number of aromatic nitrogens is 1. The maximum absolute atomic E-state index is 12.5. The number of hydrogen-bond donors (Lipinski definition) is 3. The molecular formula is C21H27N3O4S. The Labute approximate surface area is 174 Å². The number of cyclic esters (lactones) is 1. The molecule has 7 nitrogen and oxygen atoms in total. The number of hydrogen-bond acceptors (Lipinski definition) is 6. The van der Waals surface area contributed by atoms with Crippen molar-refractivity contribution >= 4 is 18.0 Å². The van der Waals surface area contributed by atoms with Crippen LogP contribution >= 0.6 is 11.9 Å². The van der Waals surface area contributed by atoms with Gasteiger partial charge in [-0.25, -0.2) is 9.52 Å². The van der Waals surface area contributed by atoms with Crippen LogP contribution in [0, 0.1) is 0 Å². The third kappa shape index (κ3) is 5.41. The van der Waals surface area contributed by atoms with E-state index in [-0.39, 0.29) is 23.8 Å². The monoisotopic (exact) mass is 417 g/mol. The molecule has 0 bridgehead atoms. The molecular weight excluding hydrogens is 390 g/mol. The molecule has 1 fully saturated rings. The number of carbonyl (C=O) groups is 1. The normalized spacial score (nSPS) is 20.1. The van der Waals surface area contributed by atoms with Gasteiger partial charge in [-0.05, 0) is 42.9 Å². The molecule has 156 valence electrons. The van der Waals surface area contributed by atoms with Crippen molar-refractivity contribution in [3.63, 3.8) is 0 Å². The lowest BCUT2D eigenvalue weighted by molar-refractivity contribution is -0.0413. The number of carbonyl (C=O) groups excluding carboxylic acids is 1. The van der Waals surface area contributed by atoms with E-state index in [2.05, 4.69) is 9.71 Å². The maximum atomic E-state index is 12.5. The molecule has 0 spiro atoms. The van der Waals surface area contributed by atoms with Gasteiger partial charge in [0.2, 0.25) is 5.56 Å². The van der Waals surface area contributed by atoms with E-state index >= 15 is 0 Å². The summed E-state index contributed by atoms with van der Waals surface area (Å²) in [4.78, 5) is 28.1. The molecule has 1 aliphatic heterocycles. The van der Waals surface area contributed by atoms with E-state index in [1.54, 1.807) is 24.1 Å². The molecule has 0 aliphatic carbocycles. The van der Waals surface area contributed by atoms with Gasteiger partial charge in [-0.1, -0.05) is 36.2 Å². The Kier molecular flexibility index (Phi) is 6.66. The Morgan fingerprint density at radius 1 is 1.28 bits per heavy atom. The second-order valence-corrected chi connectivity index (χ2v) is 8.12. The summed E-state index contributed by atoms with van der Waals surface area (Å²) >= 11 is 1.33. The molecule has 2 heterocycles. The van der Waals surface area contributed by atoms with Crippen LogP contribution in [0.15, 0.2) is 47.4 Å². The summed E-state index contributed by atoms with van der Waals surface area (Å²) in [7, 11) is 0. The fraction of sp³-hybridized carbons (Fsp3) is 0.429. The van der Waals surface area contributed by atoms with Crippen molar-refractivity contribution in [2.75, 3.05) is 12.8 Å². The van der Waals surface area contributed by atoms with Crippen molar-refractivity contribution in [2.45, 2.75) is 44.6 Å². The lowest BCUT2D eigenvalue weighted by Gasteiger charge is -2.38. The Bertz CT molecular complexity index is 877. The van der Waals surface area contributed by atoms with Crippen molar-refractivity contribution < 1.29 is 14.6 Å². The minimum absolute atomic E-state index is 0.127. The third-order valence-electron chi connectivity index (χ3n) is 5.12. The second kappa shape index (κ2) is 9.02. The number of pyridine rings is 1. The van der Waals surface area contributed by atoms with Gasteiger partial charge in [-0.2, -0.15) is 0 Å². The van der Waals surface area contributed by atoms with Crippen LogP contribution in [0.25, 0.3) is 11.1 Å². The first-order valence-corrected chi connectivity index (χ1v) is 10.8. The van der Waals surface area contributed by atoms with Gasteiger partial charge in [-0.3, -0.25) is 4.79 Å². The van der Waals surface area contributed by atoms with Crippen molar-refractivity contribution in [3.8, 4) is 11.1 Å². The maximum Gasteiger partial charge on any atom is 0.410 e. The van der Waals surface area contributed by atoms with Crippen LogP contribution in [-0.2, 0) is 4.74 Å². The second-order valence-electron chi connectivity index (χ2n) is 7.51. The van der Waals surface area contributed by atoms with Crippen molar-refractivity contribution in [3.05, 3.63) is 58.5 Å². The lowest BCUT2D eigenvalue weighted by atomic mass is 10.00. The summed E-state index contributed by atoms with van der Waals surface area (Å²) in [5.74, 6) is 0. The minimum atomic E-state index is -1.09. The molecule has 1 amide bonds. The SMILES string of the molecule is CSNC(C)(O)CC1CCN(C(C)c2ccc(-c3ccc(=O)[nH]c3)cc2)C(=O)O1. The minimum Gasteiger partial charge on any atom is -0.446 e. The summed E-state index contributed by atoms with van der Waals surface area (Å²) in [5.41, 5.74) is 1.70. The van der Waals surface area contributed by atoms with Crippen molar-refractivity contribution in [2.24, 2.45) is 0 Å². The van der Waals surface area contributed by atoms with E-state index in [9.17, 15) is 14.7 Å². The van der Waals surface area contributed by atoms with E-state index in [1.807, 2.05) is 37.4 Å². The molecule has 0 radical (unpaired) electrons. The number of amides is 1. The fourth-order valence-electron chi connectivity index (χ4n) is 3.57. The molecule has 1 saturated heterocycles. The first-order valence-electron chi connectivity index (χ1n) is 9.58. The number of rotatable bonds is 7. The Balaban J connectivity index is 1.63. The van der Waals surface area contributed by atoms with Crippen LogP contribution < -0.4 is 10.3 Å². The average molecular weight is 418 g/mol. The van der Waals surface area contributed by atoms with Crippen LogP contribution in [0.4, 0.5) is 4.79 Å². The molecule has 3 unspecified atom stereocenters. The predicted octanol–water partition coefficient (Wildman–Crippen LogP) is 3.28. The summed E-state index contributed by atoms with van der Waals surface area (Å²) in [6.07, 6.45) is 3.85. The average Bonchev–Trinajstić information content (AvgIpc) is 2.68. The zero-order chi connectivity index (χ0) is 21.0. The van der Waals surface area contributed by atoms with Gasteiger partial charge >= 0.3 is 6.09 Å². The van der Waals surface area contributed by atoms with E-state index in [4.69, 9.17) is 4.74 Å². The third-order valence-corrected chi connectivity index (χ3v) is 5.76. The van der Waals surface area contributed by atoms with Gasteiger partial charge in [0.1, 0.15) is 11.8 Å². The molecule has 1 aliphatic rings. The number of nitrogens with zero attached hydrogens (tertiary/aromatic N) is 1. The highest BCUT2D eigenvalue weighted by atomic mass is 32.2. The van der Waals surface area contributed by atoms with E-state index < -0.39 is 5.72 Å². The van der Waals surface area contributed by atoms with E-state index in [0.717, 1.165) is 16.7 Å². The van der Waals surface area contributed by atoms with Gasteiger partial charge in [0.15, 0.2) is 0 Å². The number of aromatic amines is 1. The zero-order valence-electron chi connectivity index (χ0n) is 16.8. The van der Waals surface area contributed by atoms with E-state index in [0.29, 0.717) is 19.4 Å². The topological polar surface area (TPSA) is 94.7 Å². The first kappa shape index (κ1) is 21.4. The predicted molar refractivity (Wildman–Crippen MR) is 114 cm³/mol. The number of benzene rings is 1. The van der Waals surface area contributed by atoms with E-state index in [1.165, 1.54) is 18.0 Å². The van der Waals surface area contributed by atoms with Crippen molar-refractivity contribution in [1.82, 2.24) is 14.6 Å². The van der Waals surface area contributed by atoms with Crippen LogP contribution in [-0.4, -0.2) is 45.7 Å². The number of H-pyrrole nitrogens is 1. The highest BCUT2D eigenvalue weighted by Gasteiger charge is 2.34. The molecule has 1 aromatic heterocycles. The molecule has 3 atom stereocenters. The van der Waals surface area contributed by atoms with Crippen LogP contribution in [0.3, 0.4) is 0 Å². The van der Waals surface area contributed by atoms with Gasteiger partial charge in [-0.15, -0.1) is 0 Å². The Morgan fingerprint density at radius 2 is 1.97 bits per heavy atom. The lowest BCUT2D eigenvalue weighted by Crippen LogP contribution is -2.48. The standard InChI is InChI=1S/C21H27N3O4S/c1-14(15-4-6-16(7-5-15)17-8-9-19(25)22-13-17)24-11-10-18(28-20(24)26)12-21(2,27)23-29-3/h4-9,13-14,18,23,27H,10-12H2,1-3H3,(H,22,25). The highest BCUT2D eigenvalue weighted by molar-refractivity contribution is 7.96. The summed E-state index contributed by atoms with van der Waals surface area (Å²) in [5, 5.41) is 10.3. The summed E-state index contributed by atoms with van der Waals surface area (Å²) in [6.45, 7) is 4.22. The van der Waals surface area contributed by atoms with Gasteiger partial charge < -0.3 is 19.7 Å². The molecule has 3 rings (SSSR count). The van der Waals surface area contributed by atoms with Gasteiger partial charge in [0, 0.05) is 31.6 Å². The Hall–Kier alpha value is -2.29. The summed E-state index contributed by atoms with van der Waals surface area (Å²) in [6, 6.07) is 11.1. The molecule has 3 N–H and O–H groups in total. The largest absolute Gasteiger partial charge is 0.446 e. The molecule has 29 heavy (non-hydrogen) atoms. The molecule has 1 aromatic carbocycles. The Morgan fingerprint density at radius 3 is 2.55 bits per heavy atom. The quantitative estimate of drug-likeness (QED) is 0.473. The van der Waals surface area contributed by atoms with Crippen LogP contribution in [0.1, 0.15) is 38.3 Å². The number of ether oxygens (including phenoxy) is 1. The highest BCUT2D eigenvalue weighted by Crippen LogP contribution is 2.29. The van der Waals surface area contributed by atoms with Crippen molar-refractivity contribution in [1.29, 1.82) is 0 Å². The number of aliphatic hydroxyl groups is 1. The molecule has 0 saturated carbocycles. The zero-order valence-corrected chi connectivity index (χ0v) is 17.7. The smallest absolute Gasteiger partial charge is 0.410 e. The van der Waals surface area contributed by atoms with Crippen LogP contribution in [0.5, 0.6) is 0 Å². The van der Waals surface area contributed by atoms with Gasteiger partial charge in [0.05, 0.1) is 6.04 Å². The fourth-order valence-corrected chi connectivity index (χ4v) is 4.09. The number of nitrogens with one attached hydrogen (secondary N) is 2. The van der Waals surface area contributed by atoms with Gasteiger partial charge in [0.25, 0.3) is 0 Å². The van der Waals surface area contributed by atoms with Crippen LogP contribution in [0.2, 0.25) is 0 Å². The molecule has 8 heteroatoms. The first-order chi connectivity index (χ1) is 13.8. The summed E-state index contributed by atoms with van der Waals surface area (Å²) < 4.78 is 8.49. The molecule has 2 aromatic rings.